The Kier molecular flexibility index (Phi) is 5.36. The summed E-state index contributed by atoms with van der Waals surface area (Å²) in [5, 5.41) is 3.16. The first-order chi connectivity index (χ1) is 15.0. The highest BCUT2D eigenvalue weighted by atomic mass is 16.5. The molecule has 1 aromatic carbocycles. The van der Waals surface area contributed by atoms with Crippen LogP contribution in [0, 0.1) is 0 Å². The molecule has 3 N–H and O–H groups in total. The molecule has 3 aromatic heterocycles. The van der Waals surface area contributed by atoms with Gasteiger partial charge in [-0.2, -0.15) is 0 Å². The molecule has 0 radical (unpaired) electrons. The Balaban J connectivity index is 1.77. The summed E-state index contributed by atoms with van der Waals surface area (Å²) in [6.07, 6.45) is 3.28. The van der Waals surface area contributed by atoms with Crippen molar-refractivity contribution < 1.29 is 14.1 Å². The number of hydrogen-bond acceptors (Lipinski definition) is 5. The zero-order valence-corrected chi connectivity index (χ0v) is 17.0. The Morgan fingerprint density at radius 3 is 2.77 bits per heavy atom. The van der Waals surface area contributed by atoms with Crippen LogP contribution < -0.4 is 25.9 Å². The molecular weight excluding hydrogens is 394 g/mol. The van der Waals surface area contributed by atoms with Gasteiger partial charge in [-0.3, -0.25) is 14.0 Å². The second-order valence-electron chi connectivity index (χ2n) is 6.96. The van der Waals surface area contributed by atoms with Gasteiger partial charge in [0.05, 0.1) is 13.7 Å². The predicted octanol–water partition coefficient (Wildman–Crippen LogP) is 1.84. The summed E-state index contributed by atoms with van der Waals surface area (Å²) < 4.78 is 8.21. The largest absolute Gasteiger partial charge is 0.497 e. The molecule has 3 heterocycles. The maximum Gasteiger partial charge on any atom is 0.278 e. The van der Waals surface area contributed by atoms with Crippen LogP contribution in [0.1, 0.15) is 15.9 Å². The van der Waals surface area contributed by atoms with Crippen molar-refractivity contribution in [1.82, 2.24) is 14.7 Å². The van der Waals surface area contributed by atoms with Gasteiger partial charge in [-0.15, -0.1) is 0 Å². The highest BCUT2D eigenvalue weighted by Crippen LogP contribution is 2.15. The normalized spacial score (nSPS) is 10.9. The van der Waals surface area contributed by atoms with E-state index in [4.69, 9.17) is 10.5 Å². The Morgan fingerprint density at radius 1 is 1.29 bits per heavy atom. The van der Waals surface area contributed by atoms with Crippen molar-refractivity contribution in [3.8, 4) is 5.75 Å². The molecule has 0 fully saturated rings. The van der Waals surface area contributed by atoms with Crippen LogP contribution in [-0.4, -0.2) is 22.4 Å². The second kappa shape index (κ2) is 8.27. The molecule has 31 heavy (non-hydrogen) atoms. The van der Waals surface area contributed by atoms with Gasteiger partial charge in [0.25, 0.3) is 17.1 Å². The van der Waals surface area contributed by atoms with Crippen molar-refractivity contribution >= 4 is 28.4 Å². The zero-order valence-electron chi connectivity index (χ0n) is 17.0. The Labute approximate surface area is 178 Å². The number of nitrogens with zero attached hydrogens (tertiary/aromatic N) is 3. The van der Waals surface area contributed by atoms with Gasteiger partial charge in [-0.05, 0) is 35.9 Å². The number of benzene rings is 1. The van der Waals surface area contributed by atoms with Crippen molar-refractivity contribution in [3.63, 3.8) is 0 Å². The minimum absolute atomic E-state index is 0.206. The number of amides is 1. The third kappa shape index (κ3) is 3.71. The molecule has 8 nitrogen and oxygen atoms in total. The van der Waals surface area contributed by atoms with Crippen LogP contribution in [0.4, 0.5) is 5.82 Å². The number of rotatable bonds is 6. The zero-order chi connectivity index (χ0) is 22.0. The molecule has 156 valence electrons. The Bertz CT molecular complexity index is 1360. The van der Waals surface area contributed by atoms with Crippen LogP contribution in [0.25, 0.3) is 16.7 Å². The number of anilines is 1. The van der Waals surface area contributed by atoms with Gasteiger partial charge < -0.3 is 15.8 Å². The minimum atomic E-state index is -0.384. The summed E-state index contributed by atoms with van der Waals surface area (Å²) in [5.74, 6) is 0.567. The maximum atomic E-state index is 13.1. The lowest BCUT2D eigenvalue weighted by Crippen LogP contribution is -2.42. The number of aromatic nitrogens is 3. The molecule has 0 aliphatic carbocycles. The number of nitrogens with two attached hydrogens (primary N) is 1. The van der Waals surface area contributed by atoms with Gasteiger partial charge in [0.2, 0.25) is 11.5 Å². The van der Waals surface area contributed by atoms with Crippen LogP contribution in [0.5, 0.6) is 5.75 Å². The maximum absolute atomic E-state index is 13.1. The molecule has 4 aromatic rings. The van der Waals surface area contributed by atoms with Crippen molar-refractivity contribution in [2.24, 2.45) is 0 Å². The molecule has 0 saturated carbocycles. The lowest BCUT2D eigenvalue weighted by atomic mass is 10.1. The van der Waals surface area contributed by atoms with Crippen molar-refractivity contribution in [2.75, 3.05) is 12.8 Å². The third-order valence-corrected chi connectivity index (χ3v) is 5.03. The fourth-order valence-electron chi connectivity index (χ4n) is 3.42. The number of allylic oxidation sites excluding steroid dienone is 1. The van der Waals surface area contributed by atoms with E-state index in [2.05, 4.69) is 16.9 Å². The Morgan fingerprint density at radius 2 is 2.06 bits per heavy atom. The average Bonchev–Trinajstić information content (AvgIpc) is 2.80. The number of pyridine rings is 2. The molecule has 0 aliphatic heterocycles. The summed E-state index contributed by atoms with van der Waals surface area (Å²) in [5.41, 5.74) is 8.06. The van der Waals surface area contributed by atoms with E-state index in [9.17, 15) is 9.59 Å². The summed E-state index contributed by atoms with van der Waals surface area (Å²) in [6.45, 7) is 4.36. The molecule has 0 aliphatic rings. The average molecular weight is 416 g/mol. The molecule has 0 saturated heterocycles. The lowest BCUT2D eigenvalue weighted by molar-refractivity contribution is -0.648. The van der Waals surface area contributed by atoms with Crippen molar-refractivity contribution in [1.29, 1.82) is 0 Å². The van der Waals surface area contributed by atoms with Gasteiger partial charge in [0.1, 0.15) is 16.7 Å². The number of hydrogen-bond donors (Lipinski definition) is 2. The SMILES string of the molecule is C=CC[n+]1c(N)c(C(=O)NCc2ccc(OC)cc2)cc2c(=O)n3ccccc3nc21. The van der Waals surface area contributed by atoms with E-state index in [1.54, 1.807) is 42.1 Å². The van der Waals surface area contributed by atoms with E-state index in [0.717, 1.165) is 11.3 Å². The van der Waals surface area contributed by atoms with Crippen molar-refractivity contribution in [2.45, 2.75) is 13.1 Å². The highest BCUT2D eigenvalue weighted by molar-refractivity contribution is 6.00. The number of methoxy groups -OCH3 is 1. The van der Waals surface area contributed by atoms with Crippen LogP contribution in [0.2, 0.25) is 0 Å². The van der Waals surface area contributed by atoms with Crippen molar-refractivity contribution in [3.05, 3.63) is 88.9 Å². The van der Waals surface area contributed by atoms with E-state index in [1.165, 1.54) is 10.5 Å². The fraction of sp³-hybridized carbons (Fsp3) is 0.130. The van der Waals surface area contributed by atoms with Crippen LogP contribution in [0.3, 0.4) is 0 Å². The number of nitrogens with one attached hydrogen (secondary N) is 1. The number of fused-ring (bicyclic) bond motifs is 2. The lowest BCUT2D eigenvalue weighted by Gasteiger charge is -2.11. The fourth-order valence-corrected chi connectivity index (χ4v) is 3.42. The Hall–Kier alpha value is -4.20. The van der Waals surface area contributed by atoms with Crippen LogP contribution in [-0.2, 0) is 13.1 Å². The van der Waals surface area contributed by atoms with Crippen LogP contribution in [0.15, 0.2) is 72.2 Å². The van der Waals surface area contributed by atoms with Gasteiger partial charge in [0.15, 0.2) is 0 Å². The molecular formula is C23H22N5O3+. The second-order valence-corrected chi connectivity index (χ2v) is 6.96. The quantitative estimate of drug-likeness (QED) is 0.284. The molecule has 0 unspecified atom stereocenters. The molecule has 1 amide bonds. The molecule has 0 spiro atoms. The van der Waals surface area contributed by atoms with Crippen LogP contribution >= 0.6 is 0 Å². The summed E-state index contributed by atoms with van der Waals surface area (Å²) in [6, 6.07) is 14.2. The van der Waals surface area contributed by atoms with Gasteiger partial charge in [-0.1, -0.05) is 35.8 Å². The number of nitrogen functional groups attached to an aromatic ring is 1. The summed E-state index contributed by atoms with van der Waals surface area (Å²) >= 11 is 0. The first kappa shape index (κ1) is 20.1. The van der Waals surface area contributed by atoms with E-state index < -0.39 is 0 Å². The molecule has 0 bridgehead atoms. The molecule has 0 atom stereocenters. The predicted molar refractivity (Wildman–Crippen MR) is 118 cm³/mol. The monoisotopic (exact) mass is 416 g/mol. The third-order valence-electron chi connectivity index (χ3n) is 5.03. The number of ether oxygens (including phenoxy) is 1. The van der Waals surface area contributed by atoms with Gasteiger partial charge in [0, 0.05) is 12.7 Å². The highest BCUT2D eigenvalue weighted by Gasteiger charge is 2.23. The summed E-state index contributed by atoms with van der Waals surface area (Å²) in [4.78, 5) is 30.6. The van der Waals surface area contributed by atoms with E-state index in [1.807, 2.05) is 24.3 Å². The van der Waals surface area contributed by atoms with E-state index in [0.29, 0.717) is 29.8 Å². The first-order valence-corrected chi connectivity index (χ1v) is 9.69. The van der Waals surface area contributed by atoms with Gasteiger partial charge in [-0.25, -0.2) is 4.57 Å². The van der Waals surface area contributed by atoms with E-state index in [-0.39, 0.29) is 22.8 Å². The topological polar surface area (TPSA) is 103 Å². The smallest absolute Gasteiger partial charge is 0.278 e. The van der Waals surface area contributed by atoms with E-state index >= 15 is 0 Å². The number of carbonyl (C=O) groups excluding carboxylic acids is 1. The molecule has 8 heteroatoms. The summed E-state index contributed by atoms with van der Waals surface area (Å²) in [7, 11) is 1.60. The standard InChI is InChI=1S/C23H21N5O3/c1-3-11-28-20(24)17(22(29)25-14-15-7-9-16(31-2)10-8-15)13-18-21(28)26-19-6-4-5-12-27(19)23(18)30/h3-10,12-13,24H,1,11,14H2,2H3,(H,25,29)/p+1. The number of carbonyl (C=O) groups is 1. The first-order valence-electron chi connectivity index (χ1n) is 9.69. The van der Waals surface area contributed by atoms with Gasteiger partial charge >= 0.3 is 0 Å². The molecule has 4 rings (SSSR count). The minimum Gasteiger partial charge on any atom is -0.497 e.